The summed E-state index contributed by atoms with van der Waals surface area (Å²) >= 11 is 0. The first kappa shape index (κ1) is 13.3. The highest BCUT2D eigenvalue weighted by Crippen LogP contribution is 2.31. The standard InChI is InChI=1S/C14H28N2O/c1-3-16-9-5-13(6-10-16)12(2)15-11-14(17)7-4-8-14/h12-13,15,17H,3-11H2,1-2H3. The van der Waals surface area contributed by atoms with Gasteiger partial charge in [0.15, 0.2) is 0 Å². The molecule has 0 spiro atoms. The van der Waals surface area contributed by atoms with Crippen molar-refractivity contribution in [2.24, 2.45) is 5.92 Å². The normalized spacial score (nSPS) is 27.7. The molecule has 2 rings (SSSR count). The van der Waals surface area contributed by atoms with E-state index in [1.54, 1.807) is 0 Å². The molecule has 2 N–H and O–H groups in total. The van der Waals surface area contributed by atoms with Crippen LogP contribution in [0.5, 0.6) is 0 Å². The fraction of sp³-hybridized carbons (Fsp3) is 1.00. The lowest BCUT2D eigenvalue weighted by Gasteiger charge is -2.40. The number of rotatable bonds is 5. The Hall–Kier alpha value is -0.120. The maximum atomic E-state index is 10.1. The zero-order valence-electron chi connectivity index (χ0n) is 11.4. The van der Waals surface area contributed by atoms with Gasteiger partial charge in [0.1, 0.15) is 0 Å². The molecule has 1 saturated heterocycles. The van der Waals surface area contributed by atoms with Crippen molar-refractivity contribution >= 4 is 0 Å². The highest BCUT2D eigenvalue weighted by Gasteiger charge is 2.35. The van der Waals surface area contributed by atoms with Crippen LogP contribution in [0.15, 0.2) is 0 Å². The topological polar surface area (TPSA) is 35.5 Å². The summed E-state index contributed by atoms with van der Waals surface area (Å²) < 4.78 is 0. The summed E-state index contributed by atoms with van der Waals surface area (Å²) in [5.74, 6) is 0.793. The molecular formula is C14H28N2O. The number of hydrogen-bond acceptors (Lipinski definition) is 3. The third kappa shape index (κ3) is 3.43. The van der Waals surface area contributed by atoms with Crippen molar-refractivity contribution in [3.05, 3.63) is 0 Å². The summed E-state index contributed by atoms with van der Waals surface area (Å²) in [7, 11) is 0. The maximum Gasteiger partial charge on any atom is 0.0771 e. The molecule has 1 heterocycles. The second kappa shape index (κ2) is 5.68. The number of piperidine rings is 1. The second-order valence-electron chi connectivity index (χ2n) is 6.02. The number of nitrogens with zero attached hydrogens (tertiary/aromatic N) is 1. The molecule has 17 heavy (non-hydrogen) atoms. The lowest BCUT2D eigenvalue weighted by atomic mass is 9.80. The van der Waals surface area contributed by atoms with Gasteiger partial charge in [-0.25, -0.2) is 0 Å². The minimum Gasteiger partial charge on any atom is -0.389 e. The Morgan fingerprint density at radius 1 is 1.35 bits per heavy atom. The smallest absolute Gasteiger partial charge is 0.0771 e. The average molecular weight is 240 g/mol. The van der Waals surface area contributed by atoms with Gasteiger partial charge in [0.2, 0.25) is 0 Å². The molecule has 2 fully saturated rings. The van der Waals surface area contributed by atoms with Gasteiger partial charge in [-0.15, -0.1) is 0 Å². The van der Waals surface area contributed by atoms with Crippen LogP contribution in [0.1, 0.15) is 46.0 Å². The summed E-state index contributed by atoms with van der Waals surface area (Å²) in [5, 5.41) is 13.6. The fourth-order valence-corrected chi connectivity index (χ4v) is 3.05. The third-order valence-electron chi connectivity index (χ3n) is 4.82. The van der Waals surface area contributed by atoms with E-state index in [-0.39, 0.29) is 5.60 Å². The van der Waals surface area contributed by atoms with Crippen LogP contribution in [0.2, 0.25) is 0 Å². The van der Waals surface area contributed by atoms with Crippen LogP contribution >= 0.6 is 0 Å². The van der Waals surface area contributed by atoms with Gasteiger partial charge in [-0.3, -0.25) is 0 Å². The summed E-state index contributed by atoms with van der Waals surface area (Å²) in [6, 6.07) is 0.554. The molecule has 1 aliphatic carbocycles. The van der Waals surface area contributed by atoms with Crippen molar-refractivity contribution < 1.29 is 5.11 Å². The Balaban J connectivity index is 1.67. The van der Waals surface area contributed by atoms with Gasteiger partial charge < -0.3 is 15.3 Å². The van der Waals surface area contributed by atoms with E-state index >= 15 is 0 Å². The number of likely N-dealkylation sites (tertiary alicyclic amines) is 1. The quantitative estimate of drug-likeness (QED) is 0.766. The first-order valence-corrected chi connectivity index (χ1v) is 7.31. The summed E-state index contributed by atoms with van der Waals surface area (Å²) in [6.07, 6.45) is 5.78. The largest absolute Gasteiger partial charge is 0.389 e. The predicted octanol–water partition coefficient (Wildman–Crippen LogP) is 1.61. The molecule has 3 heteroatoms. The first-order valence-electron chi connectivity index (χ1n) is 7.31. The highest BCUT2D eigenvalue weighted by atomic mass is 16.3. The van der Waals surface area contributed by atoms with Crippen molar-refractivity contribution in [2.75, 3.05) is 26.2 Å². The molecule has 0 aromatic rings. The average Bonchev–Trinajstić information content (AvgIpc) is 2.33. The van der Waals surface area contributed by atoms with Crippen LogP contribution < -0.4 is 5.32 Å². The lowest BCUT2D eigenvalue weighted by molar-refractivity contribution is -0.0347. The van der Waals surface area contributed by atoms with Crippen LogP contribution in [-0.4, -0.2) is 47.8 Å². The van der Waals surface area contributed by atoms with Crippen molar-refractivity contribution in [2.45, 2.75) is 57.6 Å². The summed E-state index contributed by atoms with van der Waals surface area (Å²) in [6.45, 7) is 9.01. The Morgan fingerprint density at radius 2 is 2.00 bits per heavy atom. The van der Waals surface area contributed by atoms with Crippen LogP contribution in [0.3, 0.4) is 0 Å². The molecule has 1 unspecified atom stereocenters. The fourth-order valence-electron chi connectivity index (χ4n) is 3.05. The SMILES string of the molecule is CCN1CCC(C(C)NCC2(O)CCC2)CC1. The van der Waals surface area contributed by atoms with Crippen molar-refractivity contribution in [1.29, 1.82) is 0 Å². The van der Waals surface area contributed by atoms with Gasteiger partial charge in [0, 0.05) is 12.6 Å². The molecule has 0 aromatic heterocycles. The molecule has 2 aliphatic rings. The zero-order valence-corrected chi connectivity index (χ0v) is 11.4. The van der Waals surface area contributed by atoms with Crippen LogP contribution in [0, 0.1) is 5.92 Å². The monoisotopic (exact) mass is 240 g/mol. The molecule has 3 nitrogen and oxygen atoms in total. The molecule has 100 valence electrons. The van der Waals surface area contributed by atoms with E-state index in [1.165, 1.54) is 38.9 Å². The van der Waals surface area contributed by atoms with Crippen molar-refractivity contribution in [3.8, 4) is 0 Å². The Kier molecular flexibility index (Phi) is 4.45. The van der Waals surface area contributed by atoms with Gasteiger partial charge in [0.25, 0.3) is 0 Å². The van der Waals surface area contributed by atoms with Crippen molar-refractivity contribution in [3.63, 3.8) is 0 Å². The van der Waals surface area contributed by atoms with E-state index in [1.807, 2.05) is 0 Å². The van der Waals surface area contributed by atoms with E-state index in [4.69, 9.17) is 0 Å². The number of hydrogen-bond donors (Lipinski definition) is 2. The van der Waals surface area contributed by atoms with E-state index in [9.17, 15) is 5.11 Å². The highest BCUT2D eigenvalue weighted by molar-refractivity contribution is 4.91. The molecule has 1 atom stereocenters. The second-order valence-corrected chi connectivity index (χ2v) is 6.02. The van der Waals surface area contributed by atoms with E-state index in [0.717, 1.165) is 25.3 Å². The van der Waals surface area contributed by atoms with Gasteiger partial charge in [-0.1, -0.05) is 6.92 Å². The minimum atomic E-state index is -0.377. The van der Waals surface area contributed by atoms with Gasteiger partial charge >= 0.3 is 0 Å². The minimum absolute atomic E-state index is 0.377. The Bertz CT molecular complexity index is 232. The van der Waals surface area contributed by atoms with Gasteiger partial charge in [-0.05, 0) is 64.6 Å². The van der Waals surface area contributed by atoms with Crippen molar-refractivity contribution in [1.82, 2.24) is 10.2 Å². The van der Waals surface area contributed by atoms with E-state index in [2.05, 4.69) is 24.1 Å². The lowest BCUT2D eigenvalue weighted by Crippen LogP contribution is -2.51. The van der Waals surface area contributed by atoms with Crippen LogP contribution in [-0.2, 0) is 0 Å². The third-order valence-corrected chi connectivity index (χ3v) is 4.82. The molecule has 0 amide bonds. The van der Waals surface area contributed by atoms with E-state index < -0.39 is 0 Å². The predicted molar refractivity (Wildman–Crippen MR) is 71.1 cm³/mol. The molecule has 0 aromatic carbocycles. The Morgan fingerprint density at radius 3 is 2.47 bits per heavy atom. The van der Waals surface area contributed by atoms with E-state index in [0.29, 0.717) is 6.04 Å². The Labute approximate surface area is 106 Å². The first-order chi connectivity index (χ1) is 8.13. The molecule has 1 aliphatic heterocycles. The summed E-state index contributed by atoms with van der Waals surface area (Å²) in [5.41, 5.74) is -0.377. The summed E-state index contributed by atoms with van der Waals surface area (Å²) in [4.78, 5) is 2.53. The van der Waals surface area contributed by atoms with Gasteiger partial charge in [0.05, 0.1) is 5.60 Å². The number of nitrogens with one attached hydrogen (secondary N) is 1. The van der Waals surface area contributed by atoms with Crippen LogP contribution in [0.4, 0.5) is 0 Å². The molecule has 1 saturated carbocycles. The zero-order chi connectivity index (χ0) is 12.3. The van der Waals surface area contributed by atoms with Crippen LogP contribution in [0.25, 0.3) is 0 Å². The molecular weight excluding hydrogens is 212 g/mol. The molecule has 0 radical (unpaired) electrons. The van der Waals surface area contributed by atoms with Gasteiger partial charge in [-0.2, -0.15) is 0 Å². The molecule has 0 bridgehead atoms. The maximum absolute atomic E-state index is 10.1. The number of aliphatic hydroxyl groups is 1.